The van der Waals surface area contributed by atoms with Crippen molar-refractivity contribution in [2.75, 3.05) is 12.5 Å². The maximum Gasteiger partial charge on any atom is 0.209 e. The molecule has 0 amide bonds. The number of aromatic nitrogens is 6. The molecule has 0 unspecified atom stereocenters. The highest BCUT2D eigenvalue weighted by atomic mass is 32.2. The average Bonchev–Trinajstić information content (AvgIpc) is 3.16. The molecule has 6 nitrogen and oxygen atoms in total. The molecular weight excluding hydrogens is 420 g/mol. The SMILES string of the molecule is CSc1nncc(-c2ccc3sc4ccc(-c5cnnc(SC)n5)cc4c3c2)n1. The van der Waals surface area contributed by atoms with E-state index in [1.165, 1.54) is 43.7 Å². The molecule has 29 heavy (non-hydrogen) atoms. The van der Waals surface area contributed by atoms with Gasteiger partial charge in [-0.1, -0.05) is 35.7 Å². The van der Waals surface area contributed by atoms with Crippen molar-refractivity contribution in [2.24, 2.45) is 0 Å². The fourth-order valence-electron chi connectivity index (χ4n) is 3.12. The minimum Gasteiger partial charge on any atom is -0.219 e. The molecule has 0 bridgehead atoms. The molecular formula is C20H14N6S3. The Balaban J connectivity index is 1.66. The van der Waals surface area contributed by atoms with Crippen LogP contribution >= 0.6 is 34.9 Å². The molecule has 3 aromatic heterocycles. The summed E-state index contributed by atoms with van der Waals surface area (Å²) in [6, 6.07) is 12.8. The van der Waals surface area contributed by atoms with Crippen molar-refractivity contribution in [3.8, 4) is 22.5 Å². The lowest BCUT2D eigenvalue weighted by Crippen LogP contribution is -1.92. The molecule has 0 saturated heterocycles. The summed E-state index contributed by atoms with van der Waals surface area (Å²) in [6.45, 7) is 0. The molecule has 0 fully saturated rings. The van der Waals surface area contributed by atoms with Crippen molar-refractivity contribution in [1.82, 2.24) is 30.4 Å². The zero-order valence-electron chi connectivity index (χ0n) is 15.5. The van der Waals surface area contributed by atoms with Crippen LogP contribution in [0.5, 0.6) is 0 Å². The van der Waals surface area contributed by atoms with Gasteiger partial charge < -0.3 is 0 Å². The Hall–Kier alpha value is -2.62. The molecule has 0 saturated carbocycles. The summed E-state index contributed by atoms with van der Waals surface area (Å²) in [6.07, 6.45) is 7.31. The average molecular weight is 435 g/mol. The largest absolute Gasteiger partial charge is 0.219 e. The van der Waals surface area contributed by atoms with Gasteiger partial charge in [-0.05, 0) is 36.8 Å². The number of hydrogen-bond donors (Lipinski definition) is 0. The second kappa shape index (κ2) is 7.66. The lowest BCUT2D eigenvalue weighted by atomic mass is 10.0. The van der Waals surface area contributed by atoms with E-state index in [0.717, 1.165) is 22.5 Å². The van der Waals surface area contributed by atoms with E-state index in [4.69, 9.17) is 0 Å². The minimum atomic E-state index is 0.668. The predicted molar refractivity (Wildman–Crippen MR) is 121 cm³/mol. The molecule has 0 aliphatic carbocycles. The van der Waals surface area contributed by atoms with Crippen LogP contribution < -0.4 is 0 Å². The number of nitrogens with zero attached hydrogens (tertiary/aromatic N) is 6. The number of benzene rings is 2. The quantitative estimate of drug-likeness (QED) is 0.357. The summed E-state index contributed by atoms with van der Waals surface area (Å²) in [7, 11) is 0. The van der Waals surface area contributed by atoms with E-state index in [1.54, 1.807) is 23.7 Å². The van der Waals surface area contributed by atoms with Crippen LogP contribution in [0.2, 0.25) is 0 Å². The van der Waals surface area contributed by atoms with Crippen LogP contribution in [0, 0.1) is 0 Å². The first-order chi connectivity index (χ1) is 14.2. The standard InChI is InChI=1S/C20H14N6S3/c1-27-19-23-15(9-21-25-19)11-3-5-17-13(7-11)14-8-12(4-6-18(14)29-17)16-10-22-26-20(24-16)28-2/h3-10H,1-2H3. The smallest absolute Gasteiger partial charge is 0.209 e. The maximum atomic E-state index is 4.58. The van der Waals surface area contributed by atoms with Gasteiger partial charge >= 0.3 is 0 Å². The highest BCUT2D eigenvalue weighted by Gasteiger charge is 2.11. The molecule has 5 aromatic rings. The van der Waals surface area contributed by atoms with Crippen LogP contribution in [0.3, 0.4) is 0 Å². The van der Waals surface area contributed by atoms with E-state index in [-0.39, 0.29) is 0 Å². The zero-order valence-corrected chi connectivity index (χ0v) is 18.0. The van der Waals surface area contributed by atoms with Crippen LogP contribution in [0.25, 0.3) is 42.7 Å². The normalized spacial score (nSPS) is 11.4. The van der Waals surface area contributed by atoms with E-state index in [1.807, 2.05) is 12.5 Å². The monoisotopic (exact) mass is 434 g/mol. The van der Waals surface area contributed by atoms with Gasteiger partial charge in [0.05, 0.1) is 23.8 Å². The number of thiophene rings is 1. The van der Waals surface area contributed by atoms with Gasteiger partial charge in [-0.25, -0.2) is 9.97 Å². The van der Waals surface area contributed by atoms with E-state index in [2.05, 4.69) is 66.8 Å². The first-order valence-corrected chi connectivity index (χ1v) is 12.0. The van der Waals surface area contributed by atoms with Crippen LogP contribution in [0.15, 0.2) is 59.1 Å². The molecule has 0 aliphatic rings. The van der Waals surface area contributed by atoms with Crippen LogP contribution in [0.4, 0.5) is 0 Å². The molecule has 9 heteroatoms. The summed E-state index contributed by atoms with van der Waals surface area (Å²) >= 11 is 4.75. The third-order valence-electron chi connectivity index (χ3n) is 4.50. The van der Waals surface area contributed by atoms with E-state index in [0.29, 0.717) is 10.3 Å². The Morgan fingerprint density at radius 1 is 0.690 bits per heavy atom. The van der Waals surface area contributed by atoms with Gasteiger partial charge in [-0.3, -0.25) is 0 Å². The fraction of sp³-hybridized carbons (Fsp3) is 0.100. The van der Waals surface area contributed by atoms with Crippen LogP contribution in [-0.2, 0) is 0 Å². The van der Waals surface area contributed by atoms with Crippen molar-refractivity contribution < 1.29 is 0 Å². The highest BCUT2D eigenvalue weighted by molar-refractivity contribution is 7.98. The predicted octanol–water partition coefficient (Wildman–Crippen LogP) is 5.20. The first kappa shape index (κ1) is 18.4. The zero-order chi connectivity index (χ0) is 19.8. The van der Waals surface area contributed by atoms with Gasteiger partial charge in [0.25, 0.3) is 0 Å². The van der Waals surface area contributed by atoms with Crippen molar-refractivity contribution in [3.63, 3.8) is 0 Å². The Morgan fingerprint density at radius 2 is 1.17 bits per heavy atom. The topological polar surface area (TPSA) is 77.3 Å². The molecule has 0 atom stereocenters. The number of thioether (sulfide) groups is 2. The van der Waals surface area contributed by atoms with Gasteiger partial charge in [0.2, 0.25) is 10.3 Å². The van der Waals surface area contributed by atoms with E-state index in [9.17, 15) is 0 Å². The molecule has 5 rings (SSSR count). The Bertz CT molecular complexity index is 1250. The van der Waals surface area contributed by atoms with E-state index >= 15 is 0 Å². The van der Waals surface area contributed by atoms with Gasteiger partial charge in [0, 0.05) is 31.3 Å². The molecule has 2 aromatic carbocycles. The van der Waals surface area contributed by atoms with Gasteiger partial charge in [-0.2, -0.15) is 10.2 Å². The van der Waals surface area contributed by atoms with Gasteiger partial charge in [0.1, 0.15) is 0 Å². The minimum absolute atomic E-state index is 0.668. The molecule has 3 heterocycles. The van der Waals surface area contributed by atoms with Gasteiger partial charge in [0.15, 0.2) is 0 Å². The van der Waals surface area contributed by atoms with E-state index < -0.39 is 0 Å². The van der Waals surface area contributed by atoms with Crippen molar-refractivity contribution in [1.29, 1.82) is 0 Å². The summed E-state index contributed by atoms with van der Waals surface area (Å²) < 4.78 is 2.47. The second-order valence-corrected chi connectivity index (χ2v) is 8.81. The Labute approximate surface area is 179 Å². The lowest BCUT2D eigenvalue weighted by Gasteiger charge is -2.03. The number of hydrogen-bond acceptors (Lipinski definition) is 9. The van der Waals surface area contributed by atoms with Crippen LogP contribution in [-0.4, -0.2) is 42.9 Å². The number of fused-ring (bicyclic) bond motifs is 3. The summed E-state index contributed by atoms with van der Waals surface area (Å²) in [5.41, 5.74) is 3.71. The molecule has 0 radical (unpaired) electrons. The fourth-order valence-corrected chi connectivity index (χ4v) is 4.83. The number of rotatable bonds is 4. The van der Waals surface area contributed by atoms with Crippen molar-refractivity contribution in [2.45, 2.75) is 10.3 Å². The summed E-state index contributed by atoms with van der Waals surface area (Å²) in [5.74, 6) is 0. The highest BCUT2D eigenvalue weighted by Crippen LogP contribution is 2.38. The summed E-state index contributed by atoms with van der Waals surface area (Å²) in [5, 5.41) is 19.9. The van der Waals surface area contributed by atoms with Crippen molar-refractivity contribution >= 4 is 55.0 Å². The first-order valence-electron chi connectivity index (χ1n) is 8.69. The van der Waals surface area contributed by atoms with Gasteiger partial charge in [-0.15, -0.1) is 21.5 Å². The maximum absolute atomic E-state index is 4.58. The summed E-state index contributed by atoms with van der Waals surface area (Å²) in [4.78, 5) is 9.16. The molecule has 0 aliphatic heterocycles. The molecule has 0 N–H and O–H groups in total. The van der Waals surface area contributed by atoms with Crippen LogP contribution in [0.1, 0.15) is 0 Å². The Kier molecular flexibility index (Phi) is 4.86. The lowest BCUT2D eigenvalue weighted by molar-refractivity contribution is 0.846. The third kappa shape index (κ3) is 3.45. The second-order valence-electron chi connectivity index (χ2n) is 6.18. The Morgan fingerprint density at radius 3 is 1.62 bits per heavy atom. The van der Waals surface area contributed by atoms with Crippen molar-refractivity contribution in [3.05, 3.63) is 48.8 Å². The third-order valence-corrected chi connectivity index (χ3v) is 6.73. The molecule has 142 valence electrons. The molecule has 0 spiro atoms.